The number of nitrogens with one attached hydrogen (secondary N) is 1. The molecule has 22 heavy (non-hydrogen) atoms. The van der Waals surface area contributed by atoms with Crippen molar-refractivity contribution >= 4 is 16.8 Å². The summed E-state index contributed by atoms with van der Waals surface area (Å²) >= 11 is 0. The fraction of sp³-hybridized carbons (Fsp3) is 0.438. The van der Waals surface area contributed by atoms with E-state index in [2.05, 4.69) is 10.4 Å². The maximum Gasteiger partial charge on any atom is 0.276 e. The van der Waals surface area contributed by atoms with Crippen LogP contribution in [0.1, 0.15) is 43.1 Å². The molecule has 1 amide bonds. The Kier molecular flexibility index (Phi) is 3.92. The van der Waals surface area contributed by atoms with Crippen molar-refractivity contribution in [2.75, 3.05) is 0 Å². The molecular weight excluding hydrogens is 285 g/mol. The van der Waals surface area contributed by atoms with E-state index in [4.69, 9.17) is 0 Å². The molecule has 0 aliphatic heterocycles. The van der Waals surface area contributed by atoms with Crippen LogP contribution >= 0.6 is 0 Å². The predicted molar refractivity (Wildman–Crippen MR) is 81.4 cm³/mol. The lowest BCUT2D eigenvalue weighted by Gasteiger charge is -2.13. The van der Waals surface area contributed by atoms with Crippen LogP contribution in [0.5, 0.6) is 0 Å². The monoisotopic (exact) mass is 303 g/mol. The van der Waals surface area contributed by atoms with Gasteiger partial charge in [0.2, 0.25) is 5.43 Å². The molecule has 0 saturated heterocycles. The Labute approximate surface area is 127 Å². The minimum atomic E-state index is -0.519. The fourth-order valence-corrected chi connectivity index (χ4v) is 2.98. The van der Waals surface area contributed by atoms with Crippen molar-refractivity contribution in [3.63, 3.8) is 0 Å². The number of halogens is 1. The summed E-state index contributed by atoms with van der Waals surface area (Å²) in [4.78, 5) is 24.8. The molecule has 1 N–H and O–H groups in total. The molecule has 1 saturated carbocycles. The average Bonchev–Trinajstić information content (AvgIpc) is 3.01. The van der Waals surface area contributed by atoms with Gasteiger partial charge < -0.3 is 5.32 Å². The lowest BCUT2D eigenvalue weighted by molar-refractivity contribution is 0.0929. The number of aromatic nitrogens is 2. The van der Waals surface area contributed by atoms with Gasteiger partial charge >= 0.3 is 0 Å². The van der Waals surface area contributed by atoms with Crippen molar-refractivity contribution < 1.29 is 9.18 Å². The van der Waals surface area contributed by atoms with E-state index in [1.54, 1.807) is 4.68 Å². The van der Waals surface area contributed by atoms with Crippen LogP contribution < -0.4 is 10.7 Å². The van der Waals surface area contributed by atoms with Gasteiger partial charge in [-0.05, 0) is 38.0 Å². The molecule has 0 radical (unpaired) electrons. The predicted octanol–water partition coefficient (Wildman–Crippen LogP) is 2.23. The van der Waals surface area contributed by atoms with E-state index in [0.29, 0.717) is 12.1 Å². The van der Waals surface area contributed by atoms with Gasteiger partial charge in [-0.15, -0.1) is 0 Å². The van der Waals surface area contributed by atoms with E-state index in [9.17, 15) is 14.0 Å². The third-order valence-corrected chi connectivity index (χ3v) is 4.12. The maximum absolute atomic E-state index is 13.4. The van der Waals surface area contributed by atoms with Crippen LogP contribution in [0, 0.1) is 5.82 Å². The SMILES string of the molecule is CCn1nc(C(=O)NC2CCCC2)c(=O)c2cc(F)ccc21. The lowest BCUT2D eigenvalue weighted by Crippen LogP contribution is -2.37. The lowest BCUT2D eigenvalue weighted by atomic mass is 10.1. The number of carbonyl (C=O) groups excluding carboxylic acids is 1. The summed E-state index contributed by atoms with van der Waals surface area (Å²) in [7, 11) is 0. The first kappa shape index (κ1) is 14.7. The first-order valence-electron chi connectivity index (χ1n) is 7.61. The fourth-order valence-electron chi connectivity index (χ4n) is 2.98. The number of nitrogens with zero attached hydrogens (tertiary/aromatic N) is 2. The second kappa shape index (κ2) is 5.87. The molecule has 6 heteroatoms. The zero-order chi connectivity index (χ0) is 15.7. The second-order valence-electron chi connectivity index (χ2n) is 5.61. The van der Waals surface area contributed by atoms with Gasteiger partial charge in [-0.1, -0.05) is 12.8 Å². The Morgan fingerprint density at radius 1 is 1.41 bits per heavy atom. The topological polar surface area (TPSA) is 64.0 Å². The van der Waals surface area contributed by atoms with Crippen LogP contribution in [0.25, 0.3) is 10.9 Å². The number of fused-ring (bicyclic) bond motifs is 1. The highest BCUT2D eigenvalue weighted by molar-refractivity contribution is 5.95. The molecule has 3 rings (SSSR count). The Bertz CT molecular complexity index is 779. The van der Waals surface area contributed by atoms with Crippen LogP contribution in [-0.4, -0.2) is 21.7 Å². The summed E-state index contributed by atoms with van der Waals surface area (Å²) in [6.45, 7) is 2.35. The van der Waals surface area contributed by atoms with Crippen molar-refractivity contribution in [3.8, 4) is 0 Å². The van der Waals surface area contributed by atoms with Gasteiger partial charge in [-0.3, -0.25) is 14.3 Å². The molecule has 0 atom stereocenters. The number of hydrogen-bond donors (Lipinski definition) is 1. The second-order valence-corrected chi connectivity index (χ2v) is 5.61. The van der Waals surface area contributed by atoms with Crippen LogP contribution in [0.4, 0.5) is 4.39 Å². The van der Waals surface area contributed by atoms with E-state index in [1.165, 1.54) is 12.1 Å². The van der Waals surface area contributed by atoms with Crippen LogP contribution in [0.15, 0.2) is 23.0 Å². The highest BCUT2D eigenvalue weighted by Crippen LogP contribution is 2.18. The van der Waals surface area contributed by atoms with Crippen LogP contribution in [0.3, 0.4) is 0 Å². The molecule has 0 bridgehead atoms. The number of hydrogen-bond acceptors (Lipinski definition) is 3. The van der Waals surface area contributed by atoms with Gasteiger partial charge in [0.05, 0.1) is 10.9 Å². The standard InChI is InChI=1S/C16H18FN3O2/c1-2-20-13-8-7-10(17)9-12(13)15(21)14(19-20)16(22)18-11-5-3-4-6-11/h7-9,11H,2-6H2,1H3,(H,18,22). The molecule has 1 aliphatic carbocycles. The molecule has 1 heterocycles. The summed E-state index contributed by atoms with van der Waals surface area (Å²) in [6, 6.07) is 4.07. The average molecular weight is 303 g/mol. The molecule has 0 unspecified atom stereocenters. The molecule has 2 aromatic rings. The Balaban J connectivity index is 2.07. The maximum atomic E-state index is 13.4. The largest absolute Gasteiger partial charge is 0.348 e. The minimum Gasteiger partial charge on any atom is -0.348 e. The Morgan fingerprint density at radius 3 is 2.82 bits per heavy atom. The highest BCUT2D eigenvalue weighted by Gasteiger charge is 2.22. The van der Waals surface area contributed by atoms with Gasteiger partial charge in [0.25, 0.3) is 5.91 Å². The zero-order valence-corrected chi connectivity index (χ0v) is 12.4. The smallest absolute Gasteiger partial charge is 0.276 e. The molecule has 5 nitrogen and oxygen atoms in total. The van der Waals surface area contributed by atoms with Gasteiger partial charge in [-0.2, -0.15) is 5.10 Å². The first-order chi connectivity index (χ1) is 10.6. The van der Waals surface area contributed by atoms with Gasteiger partial charge in [0.15, 0.2) is 5.69 Å². The zero-order valence-electron chi connectivity index (χ0n) is 12.4. The summed E-state index contributed by atoms with van der Waals surface area (Å²) in [5.41, 5.74) is -0.145. The summed E-state index contributed by atoms with van der Waals surface area (Å²) in [6.07, 6.45) is 4.02. The quantitative estimate of drug-likeness (QED) is 0.945. The third-order valence-electron chi connectivity index (χ3n) is 4.12. The number of amides is 1. The number of benzene rings is 1. The summed E-state index contributed by atoms with van der Waals surface area (Å²) < 4.78 is 15.0. The third kappa shape index (κ3) is 2.61. The van der Waals surface area contributed by atoms with Crippen molar-refractivity contribution in [3.05, 3.63) is 39.9 Å². The normalized spacial score (nSPS) is 15.4. The number of aryl methyl sites for hydroxylation is 1. The summed E-state index contributed by atoms with van der Waals surface area (Å²) in [5, 5.41) is 7.21. The Morgan fingerprint density at radius 2 is 2.14 bits per heavy atom. The van der Waals surface area contributed by atoms with E-state index in [1.807, 2.05) is 6.92 Å². The van der Waals surface area contributed by atoms with Crippen molar-refractivity contribution in [1.29, 1.82) is 0 Å². The number of rotatable bonds is 3. The van der Waals surface area contributed by atoms with Gasteiger partial charge in [0.1, 0.15) is 5.82 Å². The molecule has 0 spiro atoms. The number of carbonyl (C=O) groups is 1. The molecule has 1 aromatic heterocycles. The van der Waals surface area contributed by atoms with E-state index in [0.717, 1.165) is 31.7 Å². The van der Waals surface area contributed by atoms with Crippen molar-refractivity contribution in [2.24, 2.45) is 0 Å². The van der Waals surface area contributed by atoms with Crippen molar-refractivity contribution in [2.45, 2.75) is 45.2 Å². The van der Waals surface area contributed by atoms with E-state index < -0.39 is 17.2 Å². The highest BCUT2D eigenvalue weighted by atomic mass is 19.1. The van der Waals surface area contributed by atoms with Crippen LogP contribution in [0.2, 0.25) is 0 Å². The first-order valence-corrected chi connectivity index (χ1v) is 7.61. The Hall–Kier alpha value is -2.24. The van der Waals surface area contributed by atoms with Crippen molar-refractivity contribution in [1.82, 2.24) is 15.1 Å². The minimum absolute atomic E-state index is 0.104. The molecule has 1 fully saturated rings. The molecule has 116 valence electrons. The summed E-state index contributed by atoms with van der Waals surface area (Å²) in [5.74, 6) is -0.967. The van der Waals surface area contributed by atoms with E-state index >= 15 is 0 Å². The molecular formula is C16H18FN3O2. The van der Waals surface area contributed by atoms with Gasteiger partial charge in [-0.25, -0.2) is 4.39 Å². The molecule has 1 aromatic carbocycles. The van der Waals surface area contributed by atoms with Crippen LogP contribution in [-0.2, 0) is 6.54 Å². The molecule has 1 aliphatic rings. The van der Waals surface area contributed by atoms with E-state index in [-0.39, 0.29) is 17.1 Å². The van der Waals surface area contributed by atoms with Gasteiger partial charge in [0, 0.05) is 12.6 Å².